The maximum atomic E-state index is 12.5. The molecular formula is C17H17F3N2O2. The second kappa shape index (κ2) is 7.25. The minimum absolute atomic E-state index is 0.0588. The van der Waals surface area contributed by atoms with Crippen molar-refractivity contribution in [3.05, 3.63) is 59.2 Å². The van der Waals surface area contributed by atoms with E-state index in [0.29, 0.717) is 5.75 Å². The van der Waals surface area contributed by atoms with Gasteiger partial charge in [0.05, 0.1) is 5.56 Å². The summed E-state index contributed by atoms with van der Waals surface area (Å²) in [5, 5.41) is 4.91. The molecule has 0 spiro atoms. The van der Waals surface area contributed by atoms with Gasteiger partial charge in [-0.3, -0.25) is 0 Å². The molecule has 7 heteroatoms. The number of halogens is 3. The van der Waals surface area contributed by atoms with Crippen molar-refractivity contribution in [3.8, 4) is 5.75 Å². The maximum absolute atomic E-state index is 12.5. The molecule has 0 aliphatic rings. The van der Waals surface area contributed by atoms with Crippen LogP contribution in [0.1, 0.15) is 16.7 Å². The fourth-order valence-corrected chi connectivity index (χ4v) is 1.98. The second-order valence-electron chi connectivity index (χ2n) is 5.19. The van der Waals surface area contributed by atoms with Crippen LogP contribution in [-0.2, 0) is 6.18 Å². The number of ether oxygens (including phenoxy) is 1. The van der Waals surface area contributed by atoms with Crippen LogP contribution < -0.4 is 15.4 Å². The molecule has 0 atom stereocenters. The van der Waals surface area contributed by atoms with E-state index in [1.54, 1.807) is 6.07 Å². The van der Waals surface area contributed by atoms with Crippen molar-refractivity contribution in [2.45, 2.75) is 20.0 Å². The molecule has 0 aromatic heterocycles. The lowest BCUT2D eigenvalue weighted by atomic mass is 10.1. The lowest BCUT2D eigenvalue weighted by Crippen LogP contribution is -2.32. The summed E-state index contributed by atoms with van der Waals surface area (Å²) >= 11 is 0. The largest absolute Gasteiger partial charge is 0.473 e. The number of benzene rings is 2. The van der Waals surface area contributed by atoms with Crippen LogP contribution in [-0.4, -0.2) is 12.8 Å². The minimum Gasteiger partial charge on any atom is -0.473 e. The van der Waals surface area contributed by atoms with Crippen LogP contribution in [0.3, 0.4) is 0 Å². The van der Waals surface area contributed by atoms with Crippen LogP contribution in [0.5, 0.6) is 5.75 Å². The van der Waals surface area contributed by atoms with E-state index in [1.165, 1.54) is 12.1 Å². The third-order valence-corrected chi connectivity index (χ3v) is 3.49. The average Bonchev–Trinajstić information content (AvgIpc) is 2.51. The van der Waals surface area contributed by atoms with Gasteiger partial charge in [-0.15, -0.1) is 0 Å². The molecular weight excluding hydrogens is 321 g/mol. The molecule has 0 radical (unpaired) electrons. The number of anilines is 1. The molecule has 0 aliphatic carbocycles. The van der Waals surface area contributed by atoms with Crippen molar-refractivity contribution in [1.29, 1.82) is 0 Å². The number of amides is 2. The number of rotatable bonds is 4. The highest BCUT2D eigenvalue weighted by atomic mass is 19.4. The third kappa shape index (κ3) is 4.65. The highest BCUT2D eigenvalue weighted by Crippen LogP contribution is 2.29. The summed E-state index contributed by atoms with van der Waals surface area (Å²) in [7, 11) is 0. The molecule has 4 nitrogen and oxygen atoms in total. The van der Waals surface area contributed by atoms with Crippen molar-refractivity contribution in [2.24, 2.45) is 0 Å². The number of hydrogen-bond acceptors (Lipinski definition) is 2. The molecule has 0 saturated carbocycles. The van der Waals surface area contributed by atoms with Crippen LogP contribution in [0.4, 0.5) is 23.7 Å². The number of urea groups is 1. The van der Waals surface area contributed by atoms with Gasteiger partial charge in [-0.05, 0) is 55.3 Å². The Kier molecular flexibility index (Phi) is 5.33. The van der Waals surface area contributed by atoms with Gasteiger partial charge in [0.2, 0.25) is 0 Å². The van der Waals surface area contributed by atoms with Crippen molar-refractivity contribution < 1.29 is 22.7 Å². The first kappa shape index (κ1) is 17.7. The van der Waals surface area contributed by atoms with Crippen LogP contribution in [0.15, 0.2) is 42.5 Å². The standard InChI is InChI=1S/C17H17F3N2O2/c1-11-4-3-5-15(12(11)2)24-10-21-16(23)22-14-8-6-13(7-9-14)17(18,19)20/h3-9H,10H2,1-2H3,(H2,21,22,23). The van der Waals surface area contributed by atoms with Crippen molar-refractivity contribution in [2.75, 3.05) is 12.0 Å². The topological polar surface area (TPSA) is 50.4 Å². The van der Waals surface area contributed by atoms with E-state index in [1.807, 2.05) is 26.0 Å². The van der Waals surface area contributed by atoms with Crippen LogP contribution in [0.2, 0.25) is 0 Å². The molecule has 2 amide bonds. The molecule has 2 aromatic rings. The zero-order chi connectivity index (χ0) is 17.7. The number of nitrogens with one attached hydrogen (secondary N) is 2. The van der Waals surface area contributed by atoms with Crippen molar-refractivity contribution >= 4 is 11.7 Å². The summed E-state index contributed by atoms with van der Waals surface area (Å²) in [6, 6.07) is 9.21. The van der Waals surface area contributed by atoms with E-state index in [-0.39, 0.29) is 12.4 Å². The third-order valence-electron chi connectivity index (χ3n) is 3.49. The van der Waals surface area contributed by atoms with Crippen LogP contribution >= 0.6 is 0 Å². The van der Waals surface area contributed by atoms with Gasteiger partial charge in [-0.1, -0.05) is 12.1 Å². The maximum Gasteiger partial charge on any atom is 0.416 e. The molecule has 2 rings (SSSR count). The number of aryl methyl sites for hydroxylation is 1. The zero-order valence-electron chi connectivity index (χ0n) is 13.2. The SMILES string of the molecule is Cc1cccc(OCNC(=O)Nc2ccc(C(F)(F)F)cc2)c1C. The predicted molar refractivity (Wildman–Crippen MR) is 85.0 cm³/mol. The summed E-state index contributed by atoms with van der Waals surface area (Å²) in [5.74, 6) is 0.657. The summed E-state index contributed by atoms with van der Waals surface area (Å²) in [4.78, 5) is 11.7. The lowest BCUT2D eigenvalue weighted by molar-refractivity contribution is -0.137. The lowest BCUT2D eigenvalue weighted by Gasteiger charge is -2.12. The van der Waals surface area contributed by atoms with Gasteiger partial charge >= 0.3 is 12.2 Å². The first-order valence-corrected chi connectivity index (χ1v) is 7.18. The van der Waals surface area contributed by atoms with Gasteiger partial charge < -0.3 is 15.4 Å². The summed E-state index contributed by atoms with van der Waals surface area (Å²) in [5.41, 5.74) is 1.53. The predicted octanol–water partition coefficient (Wildman–Crippen LogP) is 4.48. The molecule has 128 valence electrons. The van der Waals surface area contributed by atoms with E-state index < -0.39 is 17.8 Å². The van der Waals surface area contributed by atoms with Gasteiger partial charge in [0.15, 0.2) is 6.73 Å². The Bertz CT molecular complexity index is 713. The van der Waals surface area contributed by atoms with Gasteiger partial charge in [-0.25, -0.2) is 4.79 Å². The molecule has 0 unspecified atom stereocenters. The molecule has 2 N–H and O–H groups in total. The first-order valence-electron chi connectivity index (χ1n) is 7.18. The molecule has 0 saturated heterocycles. The molecule has 0 fully saturated rings. The van der Waals surface area contributed by atoms with Gasteiger partial charge in [-0.2, -0.15) is 13.2 Å². The Balaban J connectivity index is 1.84. The minimum atomic E-state index is -4.40. The van der Waals surface area contributed by atoms with Gasteiger partial charge in [0.1, 0.15) is 5.75 Å². The first-order chi connectivity index (χ1) is 11.3. The van der Waals surface area contributed by atoms with Gasteiger partial charge in [0, 0.05) is 5.69 Å². The van der Waals surface area contributed by atoms with E-state index in [2.05, 4.69) is 10.6 Å². The number of alkyl halides is 3. The van der Waals surface area contributed by atoms with E-state index in [9.17, 15) is 18.0 Å². The average molecular weight is 338 g/mol. The Morgan fingerprint density at radius 3 is 2.38 bits per heavy atom. The summed E-state index contributed by atoms with van der Waals surface area (Å²) in [6.07, 6.45) is -4.40. The highest BCUT2D eigenvalue weighted by Gasteiger charge is 2.29. The Labute approximate surface area is 137 Å². The van der Waals surface area contributed by atoms with Crippen LogP contribution in [0, 0.1) is 13.8 Å². The van der Waals surface area contributed by atoms with Crippen LogP contribution in [0.25, 0.3) is 0 Å². The normalized spacial score (nSPS) is 11.0. The Morgan fingerprint density at radius 2 is 1.75 bits per heavy atom. The molecule has 0 bridgehead atoms. The Hall–Kier alpha value is -2.70. The molecule has 0 aliphatic heterocycles. The molecule has 0 heterocycles. The fraction of sp³-hybridized carbons (Fsp3) is 0.235. The number of hydrogen-bond donors (Lipinski definition) is 2. The molecule has 2 aromatic carbocycles. The summed E-state index contributed by atoms with van der Waals surface area (Å²) < 4.78 is 42.8. The number of carbonyl (C=O) groups excluding carboxylic acids is 1. The van der Waals surface area contributed by atoms with Crippen molar-refractivity contribution in [3.63, 3.8) is 0 Å². The van der Waals surface area contributed by atoms with Gasteiger partial charge in [0.25, 0.3) is 0 Å². The fourth-order valence-electron chi connectivity index (χ4n) is 1.98. The zero-order valence-corrected chi connectivity index (χ0v) is 13.2. The number of carbonyl (C=O) groups is 1. The summed E-state index contributed by atoms with van der Waals surface area (Å²) in [6.45, 7) is 3.80. The van der Waals surface area contributed by atoms with E-state index in [0.717, 1.165) is 23.3 Å². The monoisotopic (exact) mass is 338 g/mol. The van der Waals surface area contributed by atoms with Crippen molar-refractivity contribution in [1.82, 2.24) is 5.32 Å². The molecule has 24 heavy (non-hydrogen) atoms. The smallest absolute Gasteiger partial charge is 0.416 e. The van der Waals surface area contributed by atoms with E-state index in [4.69, 9.17) is 4.74 Å². The second-order valence-corrected chi connectivity index (χ2v) is 5.19. The van der Waals surface area contributed by atoms with E-state index >= 15 is 0 Å². The highest BCUT2D eigenvalue weighted by molar-refractivity contribution is 5.89. The quantitative estimate of drug-likeness (QED) is 0.808. The Morgan fingerprint density at radius 1 is 1.08 bits per heavy atom.